The van der Waals surface area contributed by atoms with Gasteiger partial charge in [0, 0.05) is 27.2 Å². The van der Waals surface area contributed by atoms with Gasteiger partial charge >= 0.3 is 6.18 Å². The molecule has 0 saturated heterocycles. The molecule has 5 heteroatoms. The van der Waals surface area contributed by atoms with E-state index in [1.165, 1.54) is 22.3 Å². The summed E-state index contributed by atoms with van der Waals surface area (Å²) in [5, 5.41) is 3.67. The maximum atomic E-state index is 15.0. The number of hydrogen-bond donors (Lipinski definition) is 0. The van der Waals surface area contributed by atoms with E-state index in [2.05, 4.69) is 65.8 Å². The van der Waals surface area contributed by atoms with E-state index >= 15 is 0 Å². The average molecular weight is 596 g/mol. The van der Waals surface area contributed by atoms with Crippen LogP contribution in [-0.2, 0) is 18.0 Å². The summed E-state index contributed by atoms with van der Waals surface area (Å²) >= 11 is 1.20. The Morgan fingerprint density at radius 1 is 0.721 bits per heavy atom. The topological polar surface area (TPSA) is 12.9 Å². The van der Waals surface area contributed by atoms with Gasteiger partial charge in [-0.3, -0.25) is 4.98 Å². The van der Waals surface area contributed by atoms with Gasteiger partial charge in [-0.25, -0.2) is 0 Å². The molecule has 0 unspecified atom stereocenters. The van der Waals surface area contributed by atoms with E-state index in [-0.39, 0.29) is 21.1 Å². The number of fused-ring (bicyclic) bond motifs is 4. The van der Waals surface area contributed by atoms with Crippen molar-refractivity contribution in [2.75, 3.05) is 0 Å². The Kier molecular flexibility index (Phi) is 6.96. The second-order valence-electron chi connectivity index (χ2n) is 13.9. The van der Waals surface area contributed by atoms with Gasteiger partial charge in [0.2, 0.25) is 0 Å². The third-order valence-corrected chi connectivity index (χ3v) is 9.34. The Hall–Kier alpha value is -3.70. The van der Waals surface area contributed by atoms with Crippen molar-refractivity contribution in [3.8, 4) is 22.4 Å². The fraction of sp³-hybridized carbons (Fsp3) is 0.289. The van der Waals surface area contributed by atoms with Crippen molar-refractivity contribution in [1.29, 1.82) is 0 Å². The Morgan fingerprint density at radius 2 is 1.42 bits per heavy atom. The summed E-state index contributed by atoms with van der Waals surface area (Å²) in [5.74, 6) is 0. The molecule has 0 bridgehead atoms. The zero-order chi connectivity index (χ0) is 30.9. The molecule has 43 heavy (non-hydrogen) atoms. The van der Waals surface area contributed by atoms with Gasteiger partial charge in [0.05, 0.1) is 16.0 Å². The molecule has 0 amide bonds. The lowest BCUT2D eigenvalue weighted by Crippen LogP contribution is -2.12. The quantitative estimate of drug-likeness (QED) is 0.198. The van der Waals surface area contributed by atoms with Crippen molar-refractivity contribution in [2.24, 2.45) is 5.41 Å². The number of benzene rings is 4. The molecule has 2 aromatic heterocycles. The highest BCUT2D eigenvalue weighted by atomic mass is 32.1. The summed E-state index contributed by atoms with van der Waals surface area (Å²) < 4.78 is 46.0. The van der Waals surface area contributed by atoms with Gasteiger partial charge in [-0.05, 0) is 81.0 Å². The fourth-order valence-electron chi connectivity index (χ4n) is 6.30. The third-order valence-electron chi connectivity index (χ3n) is 8.10. The molecular formula is C38H36F3NS. The SMILES string of the molecule is Cc1cc(CC(C)(C)C)ccc1-c1ccc2c(sc3c(-c4cc(C(C)(C)C)c5ccccc5c4)nccc32)c1C(F)(F)F. The number of hydrogen-bond acceptors (Lipinski definition) is 2. The van der Waals surface area contributed by atoms with E-state index < -0.39 is 11.7 Å². The minimum absolute atomic E-state index is 0.0888. The first-order valence-electron chi connectivity index (χ1n) is 14.7. The molecule has 0 aliphatic heterocycles. The number of halogens is 3. The second kappa shape index (κ2) is 10.2. The van der Waals surface area contributed by atoms with Crippen LogP contribution in [0.25, 0.3) is 53.3 Å². The van der Waals surface area contributed by atoms with E-state index in [9.17, 15) is 13.2 Å². The second-order valence-corrected chi connectivity index (χ2v) is 14.9. The summed E-state index contributed by atoms with van der Waals surface area (Å²) in [6.45, 7) is 14.9. The molecule has 220 valence electrons. The number of alkyl halides is 3. The number of nitrogens with zero attached hydrogens (tertiary/aromatic N) is 1. The number of aryl methyl sites for hydroxylation is 1. The molecule has 6 rings (SSSR count). The van der Waals surface area contributed by atoms with Gasteiger partial charge in [-0.1, -0.05) is 96.1 Å². The molecular weight excluding hydrogens is 559 g/mol. The number of thiophene rings is 1. The normalized spacial score (nSPS) is 13.0. The van der Waals surface area contributed by atoms with Gasteiger partial charge in [-0.2, -0.15) is 13.2 Å². The van der Waals surface area contributed by atoms with Gasteiger partial charge < -0.3 is 0 Å². The summed E-state index contributed by atoms with van der Waals surface area (Å²) in [6.07, 6.45) is -1.95. The summed E-state index contributed by atoms with van der Waals surface area (Å²) in [6, 6.07) is 23.7. The lowest BCUT2D eigenvalue weighted by Gasteiger charge is -2.22. The maximum absolute atomic E-state index is 15.0. The van der Waals surface area contributed by atoms with Crippen molar-refractivity contribution in [3.05, 3.63) is 101 Å². The molecule has 0 atom stereocenters. The Morgan fingerprint density at radius 3 is 2.09 bits per heavy atom. The van der Waals surface area contributed by atoms with Crippen molar-refractivity contribution >= 4 is 42.3 Å². The van der Waals surface area contributed by atoms with Crippen LogP contribution in [0.3, 0.4) is 0 Å². The van der Waals surface area contributed by atoms with Crippen LogP contribution < -0.4 is 0 Å². The highest BCUT2D eigenvalue weighted by Gasteiger charge is 2.37. The summed E-state index contributed by atoms with van der Waals surface area (Å²) in [4.78, 5) is 4.76. The summed E-state index contributed by atoms with van der Waals surface area (Å²) in [7, 11) is 0. The molecule has 0 aliphatic rings. The van der Waals surface area contributed by atoms with Gasteiger partial charge in [0.25, 0.3) is 0 Å². The predicted molar refractivity (Wildman–Crippen MR) is 177 cm³/mol. The monoisotopic (exact) mass is 595 g/mol. The van der Waals surface area contributed by atoms with Gasteiger partial charge in [0.1, 0.15) is 0 Å². The Bertz CT molecular complexity index is 2020. The standard InChI is InChI=1S/C38H36F3NS/c1-22-18-23(21-36(2,3)4)12-13-26(22)28-14-15-29-30-16-17-42-33(35(30)43-34(29)32(28)38(39,40)41)25-19-24-10-8-9-11-27(24)31(20-25)37(5,6)7/h8-20H,21H2,1-7H3. The molecule has 1 nitrogen and oxygen atoms in total. The molecule has 6 aromatic rings. The minimum atomic E-state index is -4.53. The molecule has 0 aliphatic carbocycles. The van der Waals surface area contributed by atoms with E-state index in [4.69, 9.17) is 4.98 Å². The first-order chi connectivity index (χ1) is 20.1. The minimum Gasteiger partial charge on any atom is -0.255 e. The van der Waals surface area contributed by atoms with Crippen LogP contribution in [0.2, 0.25) is 0 Å². The number of rotatable bonds is 3. The lowest BCUT2D eigenvalue weighted by atomic mass is 9.82. The van der Waals surface area contributed by atoms with Crippen molar-refractivity contribution in [3.63, 3.8) is 0 Å². The van der Waals surface area contributed by atoms with Crippen LogP contribution in [0.15, 0.2) is 79.0 Å². The molecule has 2 heterocycles. The van der Waals surface area contributed by atoms with Crippen LogP contribution in [0, 0.1) is 12.3 Å². The zero-order valence-corrected chi connectivity index (χ0v) is 26.5. The van der Waals surface area contributed by atoms with Crippen molar-refractivity contribution in [2.45, 2.75) is 66.5 Å². The van der Waals surface area contributed by atoms with Crippen LogP contribution in [0.1, 0.15) is 63.8 Å². The van der Waals surface area contributed by atoms with E-state index in [0.717, 1.165) is 38.6 Å². The molecule has 4 aromatic carbocycles. The highest BCUT2D eigenvalue weighted by molar-refractivity contribution is 7.26. The van der Waals surface area contributed by atoms with E-state index in [1.807, 2.05) is 49.4 Å². The number of pyridine rings is 1. The first-order valence-corrected chi connectivity index (χ1v) is 15.5. The summed E-state index contributed by atoms with van der Waals surface area (Å²) in [5.41, 5.74) is 5.03. The van der Waals surface area contributed by atoms with Crippen LogP contribution in [0.5, 0.6) is 0 Å². The highest BCUT2D eigenvalue weighted by Crippen LogP contribution is 2.49. The molecule has 0 saturated carbocycles. The largest absolute Gasteiger partial charge is 0.418 e. The zero-order valence-electron chi connectivity index (χ0n) is 25.7. The van der Waals surface area contributed by atoms with Gasteiger partial charge in [0.15, 0.2) is 0 Å². The molecule has 0 radical (unpaired) electrons. The molecule has 0 fully saturated rings. The number of aromatic nitrogens is 1. The van der Waals surface area contributed by atoms with E-state index in [1.54, 1.807) is 12.3 Å². The fourth-order valence-corrected chi connectivity index (χ4v) is 7.67. The Labute approximate surface area is 255 Å². The average Bonchev–Trinajstić information content (AvgIpc) is 3.28. The van der Waals surface area contributed by atoms with Crippen LogP contribution >= 0.6 is 11.3 Å². The molecule has 0 N–H and O–H groups in total. The maximum Gasteiger partial charge on any atom is 0.418 e. The molecule has 0 spiro atoms. The first kappa shape index (κ1) is 29.4. The third kappa shape index (κ3) is 5.44. The predicted octanol–water partition coefficient (Wildman–Crippen LogP) is 12.2. The van der Waals surface area contributed by atoms with Crippen molar-refractivity contribution < 1.29 is 13.2 Å². The Balaban J connectivity index is 1.60. The smallest absolute Gasteiger partial charge is 0.255 e. The van der Waals surface area contributed by atoms with Crippen LogP contribution in [-0.4, -0.2) is 4.98 Å². The van der Waals surface area contributed by atoms with E-state index in [0.29, 0.717) is 16.6 Å². The van der Waals surface area contributed by atoms with Crippen molar-refractivity contribution in [1.82, 2.24) is 4.98 Å². The van der Waals surface area contributed by atoms with Crippen LogP contribution in [0.4, 0.5) is 13.2 Å². The lowest BCUT2D eigenvalue weighted by molar-refractivity contribution is -0.135. The van der Waals surface area contributed by atoms with Gasteiger partial charge in [-0.15, -0.1) is 11.3 Å².